The maximum atomic E-state index is 8.03. The monoisotopic (exact) mass is 110 g/mol. The molecule has 0 bridgehead atoms. The van der Waals surface area contributed by atoms with Crippen LogP contribution in [-0.4, -0.2) is 13.1 Å². The quantitative estimate of drug-likeness (QED) is 0.328. The van der Waals surface area contributed by atoms with Crippen LogP contribution in [0.5, 0.6) is 0 Å². The minimum Gasteiger partial charge on any atom is -0.304 e. The first-order valence-corrected chi connectivity index (χ1v) is 2.60. The van der Waals surface area contributed by atoms with Crippen LogP contribution in [0.1, 0.15) is 6.42 Å². The van der Waals surface area contributed by atoms with E-state index in [2.05, 4.69) is 11.9 Å². The summed E-state index contributed by atoms with van der Waals surface area (Å²) in [5.41, 5.74) is 0. The molecule has 0 heterocycles. The molecule has 0 rings (SSSR count). The van der Waals surface area contributed by atoms with Crippen LogP contribution >= 0.6 is 0 Å². The van der Waals surface area contributed by atoms with Gasteiger partial charge in [0.1, 0.15) is 0 Å². The summed E-state index contributed by atoms with van der Waals surface area (Å²) in [6.07, 6.45) is 2.76. The van der Waals surface area contributed by atoms with Crippen LogP contribution in [0, 0.1) is 11.3 Å². The molecule has 1 N–H and O–H groups in total. The molecular formula is C6H10N2. The van der Waals surface area contributed by atoms with Gasteiger partial charge in [-0.25, -0.2) is 0 Å². The van der Waals surface area contributed by atoms with Gasteiger partial charge in [0.05, 0.1) is 12.6 Å². The smallest absolute Gasteiger partial charge is 0.0841 e. The molecule has 0 saturated heterocycles. The second-order valence-corrected chi connectivity index (χ2v) is 1.41. The van der Waals surface area contributed by atoms with Crippen molar-refractivity contribution in [2.24, 2.45) is 0 Å². The maximum absolute atomic E-state index is 8.03. The van der Waals surface area contributed by atoms with E-state index in [4.69, 9.17) is 5.26 Å². The molecule has 0 atom stereocenters. The zero-order valence-electron chi connectivity index (χ0n) is 4.85. The molecule has 0 aliphatic rings. The molecular weight excluding hydrogens is 100 g/mol. The molecule has 0 unspecified atom stereocenters. The summed E-state index contributed by atoms with van der Waals surface area (Å²) in [6.45, 7) is 4.83. The number of nitrogens with zero attached hydrogens (tertiary/aromatic N) is 1. The Morgan fingerprint density at radius 3 is 3.00 bits per heavy atom. The van der Waals surface area contributed by atoms with Gasteiger partial charge in [-0.3, -0.25) is 0 Å². The summed E-state index contributed by atoms with van der Waals surface area (Å²) in [6, 6.07) is 1.98. The summed E-state index contributed by atoms with van der Waals surface area (Å²) in [5, 5.41) is 10.9. The summed E-state index contributed by atoms with van der Waals surface area (Å²) in [4.78, 5) is 0. The molecule has 0 saturated carbocycles. The van der Waals surface area contributed by atoms with E-state index < -0.39 is 0 Å². The summed E-state index contributed by atoms with van der Waals surface area (Å²) in [7, 11) is 0. The van der Waals surface area contributed by atoms with Gasteiger partial charge in [-0.2, -0.15) is 5.26 Å². The molecule has 0 aliphatic heterocycles. The van der Waals surface area contributed by atoms with Gasteiger partial charge in [-0.1, -0.05) is 6.08 Å². The third-order valence-corrected chi connectivity index (χ3v) is 0.729. The average Bonchev–Trinajstić information content (AvgIpc) is 1.81. The Kier molecular flexibility index (Phi) is 5.56. The van der Waals surface area contributed by atoms with Crippen molar-refractivity contribution in [3.8, 4) is 6.07 Å². The molecule has 2 heteroatoms. The Morgan fingerprint density at radius 1 is 1.75 bits per heavy atom. The van der Waals surface area contributed by atoms with E-state index in [0.29, 0.717) is 6.54 Å². The lowest BCUT2D eigenvalue weighted by Gasteiger charge is -1.91. The van der Waals surface area contributed by atoms with Crippen LogP contribution < -0.4 is 5.32 Å². The first-order valence-electron chi connectivity index (χ1n) is 2.60. The normalized spacial score (nSPS) is 7.88. The van der Waals surface area contributed by atoms with Crippen molar-refractivity contribution in [3.63, 3.8) is 0 Å². The summed E-state index contributed by atoms with van der Waals surface area (Å²) in [5.74, 6) is 0. The number of rotatable bonds is 4. The van der Waals surface area contributed by atoms with Crippen LogP contribution in [0.15, 0.2) is 12.7 Å². The summed E-state index contributed by atoms with van der Waals surface area (Å²) >= 11 is 0. The topological polar surface area (TPSA) is 35.8 Å². The van der Waals surface area contributed by atoms with Crippen molar-refractivity contribution in [1.82, 2.24) is 5.32 Å². The highest BCUT2D eigenvalue weighted by Crippen LogP contribution is 1.72. The number of hydrogen-bond acceptors (Lipinski definition) is 2. The number of hydrogen-bond donors (Lipinski definition) is 1. The minimum absolute atomic E-state index is 0.438. The van der Waals surface area contributed by atoms with Gasteiger partial charge in [0.15, 0.2) is 0 Å². The zero-order chi connectivity index (χ0) is 6.24. The van der Waals surface area contributed by atoms with Gasteiger partial charge >= 0.3 is 0 Å². The third-order valence-electron chi connectivity index (χ3n) is 0.729. The Morgan fingerprint density at radius 2 is 2.50 bits per heavy atom. The second kappa shape index (κ2) is 6.19. The fourth-order valence-electron chi connectivity index (χ4n) is 0.348. The van der Waals surface area contributed by atoms with Gasteiger partial charge in [-0.05, 0) is 13.0 Å². The molecule has 0 aromatic heterocycles. The van der Waals surface area contributed by atoms with Crippen LogP contribution in [-0.2, 0) is 0 Å². The van der Waals surface area contributed by atoms with Crippen LogP contribution in [0.2, 0.25) is 0 Å². The fraction of sp³-hybridized carbons (Fsp3) is 0.500. The zero-order valence-corrected chi connectivity index (χ0v) is 4.85. The van der Waals surface area contributed by atoms with Crippen molar-refractivity contribution >= 4 is 0 Å². The fourth-order valence-corrected chi connectivity index (χ4v) is 0.348. The van der Waals surface area contributed by atoms with E-state index in [1.807, 2.05) is 12.1 Å². The predicted molar refractivity (Wildman–Crippen MR) is 33.3 cm³/mol. The van der Waals surface area contributed by atoms with Gasteiger partial charge in [0.2, 0.25) is 0 Å². The van der Waals surface area contributed by atoms with Crippen LogP contribution in [0.25, 0.3) is 0 Å². The Labute approximate surface area is 49.8 Å². The lowest BCUT2D eigenvalue weighted by molar-refractivity contribution is 0.762. The molecule has 44 valence electrons. The van der Waals surface area contributed by atoms with Crippen LogP contribution in [0.4, 0.5) is 0 Å². The van der Waals surface area contributed by atoms with Crippen molar-refractivity contribution in [1.29, 1.82) is 5.26 Å². The molecule has 0 aromatic rings. The first kappa shape index (κ1) is 7.19. The van der Waals surface area contributed by atoms with Crippen molar-refractivity contribution in [2.75, 3.05) is 13.1 Å². The molecule has 0 aromatic carbocycles. The van der Waals surface area contributed by atoms with Gasteiger partial charge in [0, 0.05) is 0 Å². The van der Waals surface area contributed by atoms with Gasteiger partial charge in [-0.15, -0.1) is 6.58 Å². The Bertz CT molecular complexity index is 91.2. The molecule has 2 nitrogen and oxygen atoms in total. The Hall–Kier alpha value is -0.810. The summed E-state index contributed by atoms with van der Waals surface area (Å²) < 4.78 is 0. The van der Waals surface area contributed by atoms with E-state index in [-0.39, 0.29) is 0 Å². The maximum Gasteiger partial charge on any atom is 0.0841 e. The average molecular weight is 110 g/mol. The SMILES string of the molecule is C=CCCNCC#N. The van der Waals surface area contributed by atoms with E-state index in [1.165, 1.54) is 0 Å². The molecule has 0 aliphatic carbocycles. The van der Waals surface area contributed by atoms with Crippen molar-refractivity contribution in [2.45, 2.75) is 6.42 Å². The van der Waals surface area contributed by atoms with E-state index in [9.17, 15) is 0 Å². The van der Waals surface area contributed by atoms with Gasteiger partial charge < -0.3 is 5.32 Å². The highest BCUT2D eigenvalue weighted by Gasteiger charge is 1.77. The van der Waals surface area contributed by atoms with Gasteiger partial charge in [0.25, 0.3) is 0 Å². The number of nitrogens with one attached hydrogen (secondary N) is 1. The first-order chi connectivity index (χ1) is 3.91. The molecule has 8 heavy (non-hydrogen) atoms. The predicted octanol–water partition coefficient (Wildman–Crippen LogP) is 0.676. The van der Waals surface area contributed by atoms with Crippen molar-refractivity contribution < 1.29 is 0 Å². The molecule has 0 radical (unpaired) electrons. The van der Waals surface area contributed by atoms with Crippen LogP contribution in [0.3, 0.4) is 0 Å². The standard InChI is InChI=1S/C6H10N2/c1-2-3-5-8-6-4-7/h2,8H,1,3,5-6H2. The number of nitriles is 1. The van der Waals surface area contributed by atoms with E-state index >= 15 is 0 Å². The lowest BCUT2D eigenvalue weighted by atomic mass is 10.4. The Balaban J connectivity index is 2.74. The van der Waals surface area contributed by atoms with Crippen molar-refractivity contribution in [3.05, 3.63) is 12.7 Å². The third kappa shape index (κ3) is 5.19. The lowest BCUT2D eigenvalue weighted by Crippen LogP contribution is -2.14. The largest absolute Gasteiger partial charge is 0.304 e. The molecule has 0 amide bonds. The second-order valence-electron chi connectivity index (χ2n) is 1.41. The highest BCUT2D eigenvalue weighted by atomic mass is 14.8. The minimum atomic E-state index is 0.438. The van der Waals surface area contributed by atoms with E-state index in [1.54, 1.807) is 0 Å². The highest BCUT2D eigenvalue weighted by molar-refractivity contribution is 4.74. The molecule has 0 spiro atoms. The molecule has 0 fully saturated rings. The van der Waals surface area contributed by atoms with E-state index in [0.717, 1.165) is 13.0 Å².